The first-order chi connectivity index (χ1) is 10.1. The van der Waals surface area contributed by atoms with Gasteiger partial charge in [-0.05, 0) is 49.4 Å². The molecule has 0 spiro atoms. The minimum atomic E-state index is 0.102. The fraction of sp³-hybridized carbons (Fsp3) is 0.353. The van der Waals surface area contributed by atoms with Crippen molar-refractivity contribution in [3.63, 3.8) is 0 Å². The van der Waals surface area contributed by atoms with Crippen molar-refractivity contribution in [3.05, 3.63) is 46.2 Å². The van der Waals surface area contributed by atoms with Gasteiger partial charge in [0.05, 0.1) is 18.1 Å². The number of benzene rings is 1. The van der Waals surface area contributed by atoms with Gasteiger partial charge in [-0.1, -0.05) is 12.1 Å². The standard InChI is InChI=1S/C17H20O3S/c1-12(2)20-15-9-7-13(11-16(15)19-3)6-8-14(18)17-5-4-10-21-17/h4-5,7,9-12H,6,8H2,1-3H3. The smallest absolute Gasteiger partial charge is 0.173 e. The summed E-state index contributed by atoms with van der Waals surface area (Å²) in [6.07, 6.45) is 1.31. The average Bonchev–Trinajstić information content (AvgIpc) is 2.99. The van der Waals surface area contributed by atoms with Crippen molar-refractivity contribution < 1.29 is 14.3 Å². The van der Waals surface area contributed by atoms with Crippen LogP contribution >= 0.6 is 11.3 Å². The predicted molar refractivity (Wildman–Crippen MR) is 85.7 cm³/mol. The molecule has 0 bridgehead atoms. The largest absolute Gasteiger partial charge is 0.493 e. The van der Waals surface area contributed by atoms with Crippen molar-refractivity contribution >= 4 is 17.1 Å². The van der Waals surface area contributed by atoms with E-state index in [-0.39, 0.29) is 11.9 Å². The Morgan fingerprint density at radius 1 is 1.24 bits per heavy atom. The molecule has 1 aromatic heterocycles. The highest BCUT2D eigenvalue weighted by Crippen LogP contribution is 2.29. The Balaban J connectivity index is 2.02. The lowest BCUT2D eigenvalue weighted by atomic mass is 10.1. The molecule has 0 aliphatic carbocycles. The summed E-state index contributed by atoms with van der Waals surface area (Å²) in [6, 6.07) is 9.61. The number of rotatable bonds is 7. The highest BCUT2D eigenvalue weighted by Gasteiger charge is 2.10. The molecule has 0 fully saturated rings. The molecule has 4 heteroatoms. The molecular formula is C17H20O3S. The van der Waals surface area contributed by atoms with Crippen LogP contribution in [0.1, 0.15) is 35.5 Å². The van der Waals surface area contributed by atoms with Gasteiger partial charge in [0, 0.05) is 6.42 Å². The van der Waals surface area contributed by atoms with Crippen LogP contribution < -0.4 is 9.47 Å². The van der Waals surface area contributed by atoms with Gasteiger partial charge in [0.1, 0.15) is 0 Å². The van der Waals surface area contributed by atoms with E-state index in [1.54, 1.807) is 7.11 Å². The van der Waals surface area contributed by atoms with E-state index in [2.05, 4.69) is 0 Å². The highest BCUT2D eigenvalue weighted by atomic mass is 32.1. The van der Waals surface area contributed by atoms with Crippen LogP contribution in [0.15, 0.2) is 35.7 Å². The van der Waals surface area contributed by atoms with E-state index in [9.17, 15) is 4.79 Å². The quantitative estimate of drug-likeness (QED) is 0.713. The topological polar surface area (TPSA) is 35.5 Å². The number of hydrogen-bond donors (Lipinski definition) is 0. The molecule has 0 unspecified atom stereocenters. The van der Waals surface area contributed by atoms with E-state index in [4.69, 9.17) is 9.47 Å². The van der Waals surface area contributed by atoms with Gasteiger partial charge >= 0.3 is 0 Å². The summed E-state index contributed by atoms with van der Waals surface area (Å²) in [5.74, 6) is 1.64. The van der Waals surface area contributed by atoms with Crippen LogP contribution in [0, 0.1) is 0 Å². The summed E-state index contributed by atoms with van der Waals surface area (Å²) in [5.41, 5.74) is 1.08. The van der Waals surface area contributed by atoms with E-state index in [1.807, 2.05) is 49.6 Å². The molecule has 0 radical (unpaired) electrons. The minimum absolute atomic E-state index is 0.102. The van der Waals surface area contributed by atoms with E-state index in [1.165, 1.54) is 11.3 Å². The van der Waals surface area contributed by atoms with Crippen LogP contribution in [0.25, 0.3) is 0 Å². The van der Waals surface area contributed by atoms with Gasteiger partial charge in [0.25, 0.3) is 0 Å². The van der Waals surface area contributed by atoms with Gasteiger partial charge in [-0.3, -0.25) is 4.79 Å². The van der Waals surface area contributed by atoms with Crippen LogP contribution in [0.5, 0.6) is 11.5 Å². The molecule has 0 aliphatic heterocycles. The zero-order valence-corrected chi connectivity index (χ0v) is 13.4. The molecule has 112 valence electrons. The fourth-order valence-electron chi connectivity index (χ4n) is 2.04. The van der Waals surface area contributed by atoms with Crippen molar-refractivity contribution in [2.45, 2.75) is 32.8 Å². The summed E-state index contributed by atoms with van der Waals surface area (Å²) in [4.78, 5) is 12.8. The second-order valence-corrected chi connectivity index (χ2v) is 6.00. The van der Waals surface area contributed by atoms with Crippen LogP contribution in [-0.2, 0) is 6.42 Å². The molecule has 0 saturated heterocycles. The second-order valence-electron chi connectivity index (χ2n) is 5.05. The summed E-state index contributed by atoms with van der Waals surface area (Å²) in [7, 11) is 1.63. The van der Waals surface area contributed by atoms with Gasteiger partial charge in [-0.15, -0.1) is 11.3 Å². The Morgan fingerprint density at radius 3 is 2.67 bits per heavy atom. The summed E-state index contributed by atoms with van der Waals surface area (Å²) in [6.45, 7) is 3.96. The number of carbonyl (C=O) groups is 1. The lowest BCUT2D eigenvalue weighted by Crippen LogP contribution is -2.07. The zero-order chi connectivity index (χ0) is 15.2. The maximum absolute atomic E-state index is 12.0. The summed E-state index contributed by atoms with van der Waals surface area (Å²) < 4.78 is 11.0. The number of Topliss-reactive ketones (excluding diaryl/α,β-unsaturated/α-hetero) is 1. The molecule has 1 aromatic carbocycles. The molecule has 2 aromatic rings. The van der Waals surface area contributed by atoms with Crippen LogP contribution in [0.4, 0.5) is 0 Å². The first-order valence-corrected chi connectivity index (χ1v) is 7.88. The molecule has 1 heterocycles. The molecular weight excluding hydrogens is 284 g/mol. The van der Waals surface area contributed by atoms with Crippen LogP contribution in [0.3, 0.4) is 0 Å². The molecule has 0 amide bonds. The van der Waals surface area contributed by atoms with Gasteiger partial charge in [-0.25, -0.2) is 0 Å². The van der Waals surface area contributed by atoms with Crippen molar-refractivity contribution in [1.29, 1.82) is 0 Å². The molecule has 0 atom stereocenters. The number of thiophene rings is 1. The fourth-order valence-corrected chi connectivity index (χ4v) is 2.73. The third kappa shape index (κ3) is 4.33. The van der Waals surface area contributed by atoms with Crippen LogP contribution in [0.2, 0.25) is 0 Å². The number of ether oxygens (including phenoxy) is 2. The Morgan fingerprint density at radius 2 is 2.05 bits per heavy atom. The van der Waals surface area contributed by atoms with E-state index in [0.29, 0.717) is 18.6 Å². The van der Waals surface area contributed by atoms with Gasteiger partial charge < -0.3 is 9.47 Å². The molecule has 3 nitrogen and oxygen atoms in total. The van der Waals surface area contributed by atoms with E-state index < -0.39 is 0 Å². The number of ketones is 1. The minimum Gasteiger partial charge on any atom is -0.493 e. The van der Waals surface area contributed by atoms with Crippen LogP contribution in [-0.4, -0.2) is 19.0 Å². The van der Waals surface area contributed by atoms with Gasteiger partial charge in [-0.2, -0.15) is 0 Å². The van der Waals surface area contributed by atoms with Crippen molar-refractivity contribution in [3.8, 4) is 11.5 Å². The monoisotopic (exact) mass is 304 g/mol. The number of aryl methyl sites for hydroxylation is 1. The average molecular weight is 304 g/mol. The molecule has 0 N–H and O–H groups in total. The highest BCUT2D eigenvalue weighted by molar-refractivity contribution is 7.12. The zero-order valence-electron chi connectivity index (χ0n) is 12.6. The second kappa shape index (κ2) is 7.27. The Kier molecular flexibility index (Phi) is 5.39. The SMILES string of the molecule is COc1cc(CCC(=O)c2cccs2)ccc1OC(C)C. The van der Waals surface area contributed by atoms with Gasteiger partial charge in [0.15, 0.2) is 17.3 Å². The molecule has 21 heavy (non-hydrogen) atoms. The van der Waals surface area contributed by atoms with Crippen molar-refractivity contribution in [2.24, 2.45) is 0 Å². The maximum atomic E-state index is 12.0. The molecule has 0 saturated carbocycles. The van der Waals surface area contributed by atoms with Crippen molar-refractivity contribution in [2.75, 3.05) is 7.11 Å². The first kappa shape index (κ1) is 15.6. The maximum Gasteiger partial charge on any atom is 0.173 e. The summed E-state index contributed by atoms with van der Waals surface area (Å²) >= 11 is 1.49. The Hall–Kier alpha value is -1.81. The molecule has 2 rings (SSSR count). The predicted octanol–water partition coefficient (Wildman–Crippen LogP) is 4.36. The third-order valence-electron chi connectivity index (χ3n) is 3.03. The van der Waals surface area contributed by atoms with E-state index in [0.717, 1.165) is 16.2 Å². The third-order valence-corrected chi connectivity index (χ3v) is 3.94. The van der Waals surface area contributed by atoms with Crippen molar-refractivity contribution in [1.82, 2.24) is 0 Å². The Bertz CT molecular complexity index is 588. The van der Waals surface area contributed by atoms with Gasteiger partial charge in [0.2, 0.25) is 0 Å². The first-order valence-electron chi connectivity index (χ1n) is 7.00. The lowest BCUT2D eigenvalue weighted by Gasteiger charge is -2.14. The lowest BCUT2D eigenvalue weighted by molar-refractivity contribution is 0.0986. The summed E-state index contributed by atoms with van der Waals surface area (Å²) in [5, 5.41) is 1.92. The normalized spacial score (nSPS) is 10.7. The number of methoxy groups -OCH3 is 1. The molecule has 0 aliphatic rings. The van der Waals surface area contributed by atoms with E-state index >= 15 is 0 Å². The number of carbonyl (C=O) groups excluding carboxylic acids is 1. The Labute approximate surface area is 129 Å². The number of hydrogen-bond acceptors (Lipinski definition) is 4.